The first-order valence-corrected chi connectivity index (χ1v) is 7.51. The Kier molecular flexibility index (Phi) is 4.08. The van der Waals surface area contributed by atoms with Gasteiger partial charge in [0.2, 0.25) is 5.95 Å². The van der Waals surface area contributed by atoms with Crippen molar-refractivity contribution in [2.45, 2.75) is 24.6 Å². The Morgan fingerprint density at radius 3 is 3.00 bits per heavy atom. The number of alkyl halides is 1. The predicted octanol–water partition coefficient (Wildman–Crippen LogP) is -1.04. The van der Waals surface area contributed by atoms with Crippen molar-refractivity contribution in [1.82, 2.24) is 19.5 Å². The van der Waals surface area contributed by atoms with Crippen LogP contribution in [0, 0.1) is 0 Å². The fraction of sp³-hybridized carbons (Fsp3) is 0.500. The summed E-state index contributed by atoms with van der Waals surface area (Å²) in [6.07, 6.45) is -4.77. The van der Waals surface area contributed by atoms with E-state index in [1.165, 1.54) is 0 Å². The molecule has 3 unspecified atom stereocenters. The van der Waals surface area contributed by atoms with Gasteiger partial charge in [-0.2, -0.15) is 4.98 Å². The average Bonchev–Trinajstić information content (AvgIpc) is 3.01. The van der Waals surface area contributed by atoms with Crippen molar-refractivity contribution in [3.63, 3.8) is 0 Å². The molecular weight excluding hydrogens is 336 g/mol. The highest BCUT2D eigenvalue weighted by Gasteiger charge is 2.51. The highest BCUT2D eigenvalue weighted by Crippen LogP contribution is 2.38. The smallest absolute Gasteiger partial charge is 0.394 e. The average molecular weight is 348 g/mol. The molecule has 0 aliphatic carbocycles. The highest BCUT2D eigenvalue weighted by molar-refractivity contribution is 7.32. The quantitative estimate of drug-likeness (QED) is 0.505. The van der Waals surface area contributed by atoms with Crippen molar-refractivity contribution in [2.75, 3.05) is 12.3 Å². The van der Waals surface area contributed by atoms with Crippen LogP contribution in [0.25, 0.3) is 11.2 Å². The second-order valence-corrected chi connectivity index (χ2v) is 5.46. The molecule has 1 aliphatic rings. The normalized spacial score (nSPS) is 28.4. The molecule has 13 heteroatoms. The van der Waals surface area contributed by atoms with Crippen LogP contribution in [-0.2, 0) is 13.8 Å². The number of hydrogen-bond acceptors (Lipinski definition) is 8. The van der Waals surface area contributed by atoms with Gasteiger partial charge in [-0.3, -0.25) is 14.3 Å². The van der Waals surface area contributed by atoms with Gasteiger partial charge >= 0.3 is 8.25 Å². The highest BCUT2D eigenvalue weighted by atomic mass is 31.1. The van der Waals surface area contributed by atoms with E-state index in [0.717, 1.165) is 10.9 Å². The Morgan fingerprint density at radius 1 is 1.61 bits per heavy atom. The van der Waals surface area contributed by atoms with E-state index in [-0.39, 0.29) is 17.1 Å². The number of aromatic nitrogens is 4. The summed E-state index contributed by atoms with van der Waals surface area (Å²) in [5, 5.41) is 9.22. The summed E-state index contributed by atoms with van der Waals surface area (Å²) in [4.78, 5) is 30.5. The van der Waals surface area contributed by atoms with Crippen LogP contribution in [0.15, 0.2) is 11.1 Å². The number of ether oxygens (including phenoxy) is 1. The molecule has 0 radical (unpaired) electrons. The van der Waals surface area contributed by atoms with Gasteiger partial charge in [0.05, 0.1) is 12.9 Å². The zero-order valence-electron chi connectivity index (χ0n) is 11.4. The number of aliphatic hydroxyl groups is 1. The summed E-state index contributed by atoms with van der Waals surface area (Å²) in [5.41, 5.74) is 4.75. The van der Waals surface area contributed by atoms with E-state index in [2.05, 4.69) is 19.5 Å². The first-order chi connectivity index (χ1) is 10.9. The van der Waals surface area contributed by atoms with Gasteiger partial charge in [0, 0.05) is 4.57 Å². The molecule has 0 amide bonds. The third-order valence-corrected chi connectivity index (χ3v) is 3.81. The number of nitrogens with one attached hydrogen (secondary N) is 1. The molecule has 0 saturated carbocycles. The molecule has 5 atom stereocenters. The fourth-order valence-corrected chi connectivity index (χ4v) is 2.88. The molecule has 3 heterocycles. The number of nitrogen functional groups attached to an aromatic ring is 1. The maximum absolute atomic E-state index is 14.5. The molecule has 1 fully saturated rings. The fourth-order valence-electron chi connectivity index (χ4n) is 2.42. The molecule has 11 nitrogen and oxygen atoms in total. The third-order valence-electron chi connectivity index (χ3n) is 3.38. The molecule has 2 aromatic heterocycles. The molecule has 1 aliphatic heterocycles. The number of aromatic amines is 1. The Bertz CT molecular complexity index is 811. The second-order valence-electron chi connectivity index (χ2n) is 4.78. The number of nitrogens with two attached hydrogens (primary N) is 1. The molecule has 23 heavy (non-hydrogen) atoms. The lowest BCUT2D eigenvalue weighted by molar-refractivity contribution is -0.0436. The van der Waals surface area contributed by atoms with E-state index in [4.69, 9.17) is 15.4 Å². The van der Waals surface area contributed by atoms with Gasteiger partial charge in [0.15, 0.2) is 29.7 Å². The largest absolute Gasteiger partial charge is 0.695 e. The third kappa shape index (κ3) is 2.71. The first kappa shape index (κ1) is 15.9. The standard InChI is InChI=1S/C10H11FN5O6P/c11-4-6(22-23(19)20)3(1-17)21-9(4)16-2-13-5-7(16)14-10(12)15-8(5)18/h2-4,6,9,17H,1H2,(H3-,12,14,15,18,19,20)/p+1/t3-,4?,6?,9-/m1/s1. The number of anilines is 1. The summed E-state index contributed by atoms with van der Waals surface area (Å²) >= 11 is 0. The van der Waals surface area contributed by atoms with Gasteiger partial charge in [-0.25, -0.2) is 9.37 Å². The van der Waals surface area contributed by atoms with Crippen molar-refractivity contribution in [3.05, 3.63) is 16.7 Å². The number of imidazole rings is 1. The Hall–Kier alpha value is -1.98. The van der Waals surface area contributed by atoms with Gasteiger partial charge < -0.3 is 15.6 Å². The SMILES string of the molecule is Nc1nc2c(ncn2[C@@H]2O[C@H](CO)C(O[P+](=O)O)C2F)c(=O)[nH]1. The first-order valence-electron chi connectivity index (χ1n) is 6.38. The zero-order chi connectivity index (χ0) is 16.7. The van der Waals surface area contributed by atoms with Crippen molar-refractivity contribution in [2.24, 2.45) is 0 Å². The van der Waals surface area contributed by atoms with Crippen LogP contribution in [-0.4, -0.2) is 54.5 Å². The van der Waals surface area contributed by atoms with Gasteiger partial charge in [-0.15, -0.1) is 9.42 Å². The van der Waals surface area contributed by atoms with Crippen LogP contribution < -0.4 is 11.3 Å². The van der Waals surface area contributed by atoms with E-state index in [0.29, 0.717) is 0 Å². The second kappa shape index (κ2) is 5.91. The number of rotatable bonds is 4. The van der Waals surface area contributed by atoms with Crippen molar-refractivity contribution >= 4 is 25.4 Å². The van der Waals surface area contributed by atoms with Crippen LogP contribution in [0.2, 0.25) is 0 Å². The predicted molar refractivity (Wildman–Crippen MR) is 73.2 cm³/mol. The van der Waals surface area contributed by atoms with Gasteiger partial charge in [0.1, 0.15) is 6.10 Å². The van der Waals surface area contributed by atoms with Crippen LogP contribution in [0.4, 0.5) is 10.3 Å². The van der Waals surface area contributed by atoms with E-state index in [9.17, 15) is 18.9 Å². The summed E-state index contributed by atoms with van der Waals surface area (Å²) in [6, 6.07) is 0. The summed E-state index contributed by atoms with van der Waals surface area (Å²) in [5.74, 6) is -0.192. The Labute approximate surface area is 127 Å². The van der Waals surface area contributed by atoms with E-state index in [1.807, 2.05) is 0 Å². The van der Waals surface area contributed by atoms with Crippen molar-refractivity contribution in [3.8, 4) is 0 Å². The van der Waals surface area contributed by atoms with Gasteiger partial charge in [-0.1, -0.05) is 0 Å². The Balaban J connectivity index is 2.02. The molecule has 3 rings (SSSR count). The van der Waals surface area contributed by atoms with Crippen molar-refractivity contribution in [1.29, 1.82) is 0 Å². The van der Waals surface area contributed by atoms with E-state index < -0.39 is 45.0 Å². The van der Waals surface area contributed by atoms with Crippen LogP contribution in [0.1, 0.15) is 6.23 Å². The summed E-state index contributed by atoms with van der Waals surface area (Å²) in [6.45, 7) is -0.631. The minimum atomic E-state index is -3.09. The zero-order valence-corrected chi connectivity index (χ0v) is 12.3. The molecule has 5 N–H and O–H groups in total. The topological polar surface area (TPSA) is 166 Å². The van der Waals surface area contributed by atoms with Crippen molar-refractivity contribution < 1.29 is 28.2 Å². The summed E-state index contributed by atoms with van der Waals surface area (Å²) in [7, 11) is -3.09. The van der Waals surface area contributed by atoms with Crippen LogP contribution in [0.3, 0.4) is 0 Å². The minimum Gasteiger partial charge on any atom is -0.394 e. The Morgan fingerprint density at radius 2 is 2.35 bits per heavy atom. The van der Waals surface area contributed by atoms with E-state index >= 15 is 0 Å². The maximum Gasteiger partial charge on any atom is 0.695 e. The van der Waals surface area contributed by atoms with E-state index in [1.54, 1.807) is 0 Å². The minimum absolute atomic E-state index is 0.0235. The van der Waals surface area contributed by atoms with Gasteiger partial charge in [0.25, 0.3) is 5.56 Å². The molecule has 1 saturated heterocycles. The molecule has 124 valence electrons. The lowest BCUT2D eigenvalue weighted by Gasteiger charge is -2.14. The number of aliphatic hydroxyl groups excluding tert-OH is 1. The van der Waals surface area contributed by atoms with Crippen LogP contribution >= 0.6 is 8.25 Å². The molecular formula is C10H12FN5O6P+. The lowest BCUT2D eigenvalue weighted by atomic mass is 10.1. The van der Waals surface area contributed by atoms with Crippen LogP contribution in [0.5, 0.6) is 0 Å². The molecule has 2 aromatic rings. The molecule has 0 bridgehead atoms. The number of H-pyrrole nitrogens is 1. The number of nitrogens with zero attached hydrogens (tertiary/aromatic N) is 3. The number of fused-ring (bicyclic) bond motifs is 1. The monoisotopic (exact) mass is 348 g/mol. The van der Waals surface area contributed by atoms with Gasteiger partial charge in [-0.05, 0) is 0 Å². The maximum atomic E-state index is 14.5. The summed E-state index contributed by atoms with van der Waals surface area (Å²) < 4.78 is 36.3. The number of halogens is 1. The molecule has 0 spiro atoms. The number of hydrogen-bond donors (Lipinski definition) is 4. The molecule has 0 aromatic carbocycles. The lowest BCUT2D eigenvalue weighted by Crippen LogP contribution is -2.32.